The summed E-state index contributed by atoms with van der Waals surface area (Å²) in [5, 5.41) is 20.1. The Balaban J connectivity index is 2.81. The van der Waals surface area contributed by atoms with Crippen molar-refractivity contribution in [2.75, 3.05) is 0 Å². The average Bonchev–Trinajstić information content (AvgIpc) is 2.04. The molecule has 67 valence electrons. The molecule has 0 unspecified atom stereocenters. The lowest BCUT2D eigenvalue weighted by Gasteiger charge is -1.96. The Bertz CT molecular complexity index is 331. The largest absolute Gasteiger partial charge is 0.555 e. The van der Waals surface area contributed by atoms with E-state index in [1.54, 1.807) is 0 Å². The number of hydrogen-bond acceptors (Lipinski definition) is 4. The van der Waals surface area contributed by atoms with Crippen LogP contribution < -0.4 is 4.74 Å². The number of non-ortho nitro benzene ring substituents is 1. The first-order valence-electron chi connectivity index (χ1n) is 3.23. The number of benzene rings is 1. The molecular formula is C7H4NO5. The molecule has 0 aliphatic heterocycles. The fraction of sp³-hybridized carbons (Fsp3) is 0. The molecule has 1 rings (SSSR count). The van der Waals surface area contributed by atoms with Crippen molar-refractivity contribution in [2.45, 2.75) is 0 Å². The minimum atomic E-state index is -1.70. The highest BCUT2D eigenvalue weighted by Gasteiger charge is 2.06. The zero-order valence-corrected chi connectivity index (χ0v) is 6.30. The Kier molecular flexibility index (Phi) is 2.44. The Morgan fingerprint density at radius 1 is 1.31 bits per heavy atom. The van der Waals surface area contributed by atoms with Gasteiger partial charge in [0.05, 0.1) is 4.92 Å². The van der Waals surface area contributed by atoms with Gasteiger partial charge in [-0.3, -0.25) is 10.1 Å². The number of hydrogen-bond donors (Lipinski definition) is 0. The van der Waals surface area contributed by atoms with Gasteiger partial charge in [0.15, 0.2) is 0 Å². The van der Waals surface area contributed by atoms with Crippen LogP contribution in [0.4, 0.5) is 10.5 Å². The number of carbonyl (C=O) groups is 1. The van der Waals surface area contributed by atoms with Crippen molar-refractivity contribution in [3.8, 4) is 5.75 Å². The predicted molar refractivity (Wildman–Crippen MR) is 39.8 cm³/mol. The molecule has 0 atom stereocenters. The molecule has 1 aromatic carbocycles. The van der Waals surface area contributed by atoms with E-state index in [-0.39, 0.29) is 11.4 Å². The van der Waals surface area contributed by atoms with E-state index in [4.69, 9.17) is 0 Å². The van der Waals surface area contributed by atoms with Crippen LogP contribution in [0.1, 0.15) is 0 Å². The van der Waals surface area contributed by atoms with Crippen LogP contribution in [0.15, 0.2) is 24.3 Å². The van der Waals surface area contributed by atoms with Crippen LogP contribution in [0.5, 0.6) is 5.75 Å². The van der Waals surface area contributed by atoms with E-state index in [2.05, 4.69) is 4.74 Å². The van der Waals surface area contributed by atoms with E-state index >= 15 is 0 Å². The first-order chi connectivity index (χ1) is 6.09. The van der Waals surface area contributed by atoms with Crippen molar-refractivity contribution < 1.29 is 19.6 Å². The summed E-state index contributed by atoms with van der Waals surface area (Å²) >= 11 is 0. The van der Waals surface area contributed by atoms with E-state index in [0.717, 1.165) is 12.1 Å². The van der Waals surface area contributed by atoms with Crippen LogP contribution in [0.25, 0.3) is 0 Å². The summed E-state index contributed by atoms with van der Waals surface area (Å²) in [6.45, 7) is 0. The molecule has 0 spiro atoms. The molecule has 1 radical (unpaired) electrons. The number of ether oxygens (including phenoxy) is 1. The van der Waals surface area contributed by atoms with Crippen molar-refractivity contribution in [3.63, 3.8) is 0 Å². The molecule has 0 bridgehead atoms. The Hall–Kier alpha value is -2.11. The van der Waals surface area contributed by atoms with E-state index < -0.39 is 11.1 Å². The highest BCUT2D eigenvalue weighted by Crippen LogP contribution is 2.17. The topological polar surface area (TPSA) is 89.3 Å². The summed E-state index contributed by atoms with van der Waals surface area (Å²) in [6, 6.07) is 4.62. The maximum absolute atomic E-state index is 10.2. The van der Waals surface area contributed by atoms with Crippen molar-refractivity contribution in [3.05, 3.63) is 34.4 Å². The Morgan fingerprint density at radius 2 is 1.85 bits per heavy atom. The molecule has 0 aliphatic rings. The van der Waals surface area contributed by atoms with E-state index in [1.165, 1.54) is 12.1 Å². The SMILES string of the molecule is [O]C(=O)Oc1ccc([N+](=O)[O-])cc1. The van der Waals surface area contributed by atoms with Gasteiger partial charge in [0.1, 0.15) is 5.75 Å². The number of nitro benzene ring substituents is 1. The van der Waals surface area contributed by atoms with Crippen molar-refractivity contribution in [2.24, 2.45) is 0 Å². The second kappa shape index (κ2) is 3.53. The molecule has 6 heteroatoms. The zero-order chi connectivity index (χ0) is 9.84. The fourth-order valence-corrected chi connectivity index (χ4v) is 0.732. The first kappa shape index (κ1) is 8.98. The second-order valence-electron chi connectivity index (χ2n) is 2.10. The van der Waals surface area contributed by atoms with Crippen LogP contribution in [0.3, 0.4) is 0 Å². The molecule has 0 aliphatic carbocycles. The van der Waals surface area contributed by atoms with Crippen LogP contribution in [0, 0.1) is 10.1 Å². The van der Waals surface area contributed by atoms with Crippen LogP contribution in [-0.4, -0.2) is 11.1 Å². The zero-order valence-electron chi connectivity index (χ0n) is 6.30. The quantitative estimate of drug-likeness (QED) is 0.300. The number of carbonyl (C=O) groups excluding carboxylic acids is 1. The average molecular weight is 182 g/mol. The summed E-state index contributed by atoms with van der Waals surface area (Å²) in [5.74, 6) is -0.00870. The lowest BCUT2D eigenvalue weighted by Crippen LogP contribution is -2.00. The molecule has 0 fully saturated rings. The maximum atomic E-state index is 10.2. The predicted octanol–water partition coefficient (Wildman–Crippen LogP) is 1.52. The first-order valence-corrected chi connectivity index (χ1v) is 3.23. The van der Waals surface area contributed by atoms with Crippen molar-refractivity contribution >= 4 is 11.8 Å². The molecule has 0 amide bonds. The fourth-order valence-electron chi connectivity index (χ4n) is 0.732. The third kappa shape index (κ3) is 2.44. The van der Waals surface area contributed by atoms with Gasteiger partial charge in [-0.1, -0.05) is 0 Å². The van der Waals surface area contributed by atoms with Gasteiger partial charge in [-0.05, 0) is 12.1 Å². The van der Waals surface area contributed by atoms with Gasteiger partial charge in [-0.15, -0.1) is 0 Å². The summed E-state index contributed by atoms with van der Waals surface area (Å²) in [7, 11) is 0. The molecule has 0 saturated carbocycles. The summed E-state index contributed by atoms with van der Waals surface area (Å²) in [6.07, 6.45) is -1.70. The molecular weight excluding hydrogens is 178 g/mol. The summed E-state index contributed by atoms with van der Waals surface area (Å²) in [4.78, 5) is 19.5. The standard InChI is InChI=1S/C7H4NO5/c9-7(10)13-6-3-1-5(2-4-6)8(11)12/h1-4H. The molecule has 0 N–H and O–H groups in total. The molecule has 13 heavy (non-hydrogen) atoms. The summed E-state index contributed by atoms with van der Waals surface area (Å²) < 4.78 is 4.13. The monoisotopic (exact) mass is 182 g/mol. The van der Waals surface area contributed by atoms with E-state index in [1.807, 2.05) is 0 Å². The van der Waals surface area contributed by atoms with Gasteiger partial charge in [0.2, 0.25) is 0 Å². The van der Waals surface area contributed by atoms with Crippen molar-refractivity contribution in [1.82, 2.24) is 0 Å². The second-order valence-corrected chi connectivity index (χ2v) is 2.10. The number of nitrogens with zero attached hydrogens (tertiary/aromatic N) is 1. The van der Waals surface area contributed by atoms with Gasteiger partial charge >= 0.3 is 6.16 Å². The lowest BCUT2D eigenvalue weighted by molar-refractivity contribution is -0.384. The minimum absolute atomic E-state index is 0.00870. The Morgan fingerprint density at radius 3 is 2.23 bits per heavy atom. The third-order valence-corrected chi connectivity index (χ3v) is 1.25. The van der Waals surface area contributed by atoms with E-state index in [9.17, 15) is 20.0 Å². The number of nitro groups is 1. The molecule has 0 heterocycles. The van der Waals surface area contributed by atoms with Crippen LogP contribution in [0.2, 0.25) is 0 Å². The van der Waals surface area contributed by atoms with Gasteiger partial charge in [-0.2, -0.15) is 9.90 Å². The minimum Gasteiger partial charge on any atom is -0.392 e. The summed E-state index contributed by atoms with van der Waals surface area (Å²) in [5.41, 5.74) is -0.134. The van der Waals surface area contributed by atoms with E-state index in [0.29, 0.717) is 0 Å². The number of rotatable bonds is 2. The van der Waals surface area contributed by atoms with Gasteiger partial charge in [0.25, 0.3) is 5.69 Å². The maximum Gasteiger partial charge on any atom is 0.555 e. The van der Waals surface area contributed by atoms with Gasteiger partial charge in [-0.25, -0.2) is 0 Å². The van der Waals surface area contributed by atoms with Crippen molar-refractivity contribution in [1.29, 1.82) is 0 Å². The van der Waals surface area contributed by atoms with Crippen LogP contribution in [-0.2, 0) is 5.11 Å². The van der Waals surface area contributed by atoms with Gasteiger partial charge < -0.3 is 4.74 Å². The van der Waals surface area contributed by atoms with Crippen LogP contribution >= 0.6 is 0 Å². The normalized spacial score (nSPS) is 9.23. The molecule has 6 nitrogen and oxygen atoms in total. The molecule has 1 aromatic rings. The lowest BCUT2D eigenvalue weighted by atomic mass is 10.3. The van der Waals surface area contributed by atoms with Gasteiger partial charge in [0, 0.05) is 12.1 Å². The third-order valence-electron chi connectivity index (χ3n) is 1.25. The molecule has 0 aromatic heterocycles. The highest BCUT2D eigenvalue weighted by atomic mass is 16.7. The smallest absolute Gasteiger partial charge is 0.392 e. The molecule has 0 saturated heterocycles. The Labute approximate surface area is 72.5 Å². The highest BCUT2D eigenvalue weighted by molar-refractivity contribution is 5.60.